The smallest absolute Gasteiger partial charge is 0.258 e. The van der Waals surface area contributed by atoms with Crippen molar-refractivity contribution in [3.8, 4) is 0 Å². The largest absolute Gasteiger partial charge is 0.355 e. The number of nitrogens with zero attached hydrogens (tertiary/aromatic N) is 2. The Bertz CT molecular complexity index is 353. The van der Waals surface area contributed by atoms with Crippen molar-refractivity contribution in [2.75, 3.05) is 6.61 Å². The standard InChI is InChI=1S/C6H7ClN2O3S/c7-13(10,11)12-4-2-6-1-3-8-5-9-6/h1,3,5H,2,4H2. The third-order valence-corrected chi connectivity index (χ3v) is 1.94. The van der Waals surface area contributed by atoms with E-state index >= 15 is 0 Å². The maximum absolute atomic E-state index is 10.3. The van der Waals surface area contributed by atoms with Gasteiger partial charge in [-0.05, 0) is 6.07 Å². The zero-order valence-corrected chi connectivity index (χ0v) is 8.12. The van der Waals surface area contributed by atoms with Crippen molar-refractivity contribution in [2.24, 2.45) is 0 Å². The molecule has 72 valence electrons. The van der Waals surface area contributed by atoms with Crippen LogP contribution >= 0.6 is 10.7 Å². The number of hydrogen-bond acceptors (Lipinski definition) is 5. The van der Waals surface area contributed by atoms with Gasteiger partial charge in [0, 0.05) is 29.0 Å². The van der Waals surface area contributed by atoms with Crippen molar-refractivity contribution in [2.45, 2.75) is 6.42 Å². The van der Waals surface area contributed by atoms with E-state index < -0.39 is 9.33 Å². The van der Waals surface area contributed by atoms with Gasteiger partial charge in [0.15, 0.2) is 0 Å². The summed E-state index contributed by atoms with van der Waals surface area (Å²) in [7, 11) is 0.951. The molecule has 0 aromatic carbocycles. The van der Waals surface area contributed by atoms with E-state index in [1.165, 1.54) is 6.33 Å². The normalized spacial score (nSPS) is 11.5. The van der Waals surface area contributed by atoms with Crippen molar-refractivity contribution < 1.29 is 12.6 Å². The van der Waals surface area contributed by atoms with Crippen LogP contribution in [0.4, 0.5) is 0 Å². The van der Waals surface area contributed by atoms with Crippen molar-refractivity contribution >= 4 is 20.0 Å². The molecule has 0 atom stereocenters. The molecule has 1 heterocycles. The van der Waals surface area contributed by atoms with Crippen LogP contribution in [0.1, 0.15) is 5.69 Å². The molecule has 5 nitrogen and oxygen atoms in total. The highest BCUT2D eigenvalue weighted by atomic mass is 35.7. The highest BCUT2D eigenvalue weighted by Gasteiger charge is 2.04. The lowest BCUT2D eigenvalue weighted by Crippen LogP contribution is -2.03. The first kappa shape index (κ1) is 10.4. The van der Waals surface area contributed by atoms with E-state index in [1.54, 1.807) is 12.3 Å². The Kier molecular flexibility index (Phi) is 3.58. The summed E-state index contributed by atoms with van der Waals surface area (Å²) in [5, 5.41) is 0. The van der Waals surface area contributed by atoms with Gasteiger partial charge >= 0.3 is 9.33 Å². The molecule has 0 saturated heterocycles. The number of aromatic nitrogens is 2. The molecule has 0 bridgehead atoms. The topological polar surface area (TPSA) is 69.2 Å². The summed E-state index contributed by atoms with van der Waals surface area (Å²) in [5.74, 6) is 0. The van der Waals surface area contributed by atoms with Gasteiger partial charge < -0.3 is 0 Å². The van der Waals surface area contributed by atoms with Gasteiger partial charge in [-0.2, -0.15) is 8.42 Å². The minimum Gasteiger partial charge on any atom is -0.258 e. The lowest BCUT2D eigenvalue weighted by molar-refractivity contribution is 0.331. The molecule has 0 spiro atoms. The van der Waals surface area contributed by atoms with Crippen molar-refractivity contribution in [1.29, 1.82) is 0 Å². The molecule has 0 radical (unpaired) electrons. The molecule has 0 aliphatic heterocycles. The Morgan fingerprint density at radius 2 is 2.31 bits per heavy atom. The molecule has 0 unspecified atom stereocenters. The number of halogens is 1. The Hall–Kier alpha value is -0.720. The van der Waals surface area contributed by atoms with E-state index in [-0.39, 0.29) is 6.61 Å². The Morgan fingerprint density at radius 3 is 2.85 bits per heavy atom. The highest BCUT2D eigenvalue weighted by molar-refractivity contribution is 8.09. The average Bonchev–Trinajstić information content (AvgIpc) is 2.04. The summed E-state index contributed by atoms with van der Waals surface area (Å²) in [4.78, 5) is 7.58. The van der Waals surface area contributed by atoms with Crippen LogP contribution in [0.5, 0.6) is 0 Å². The molecule has 0 aliphatic carbocycles. The quantitative estimate of drug-likeness (QED) is 0.695. The summed E-state index contributed by atoms with van der Waals surface area (Å²) in [6.45, 7) is -0.0111. The molecule has 0 saturated carbocycles. The Morgan fingerprint density at radius 1 is 1.54 bits per heavy atom. The number of rotatable bonds is 4. The highest BCUT2D eigenvalue weighted by Crippen LogP contribution is 2.00. The minimum absolute atomic E-state index is 0.0111. The molecular weight excluding hydrogens is 216 g/mol. The summed E-state index contributed by atoms with van der Waals surface area (Å²) >= 11 is 0. The van der Waals surface area contributed by atoms with Gasteiger partial charge in [0.05, 0.1) is 6.61 Å². The van der Waals surface area contributed by atoms with E-state index in [1.807, 2.05) is 0 Å². The predicted octanol–water partition coefficient (Wildman–Crippen LogP) is 0.519. The first-order chi connectivity index (χ1) is 6.08. The van der Waals surface area contributed by atoms with Crippen LogP contribution in [0, 0.1) is 0 Å². The van der Waals surface area contributed by atoms with Crippen LogP contribution < -0.4 is 0 Å². The van der Waals surface area contributed by atoms with Gasteiger partial charge in [-0.15, -0.1) is 0 Å². The van der Waals surface area contributed by atoms with Gasteiger partial charge in [0.2, 0.25) is 0 Å². The summed E-state index contributed by atoms with van der Waals surface area (Å²) in [6, 6.07) is 1.67. The molecule has 0 amide bonds. The zero-order valence-electron chi connectivity index (χ0n) is 6.55. The number of hydrogen-bond donors (Lipinski definition) is 0. The molecule has 13 heavy (non-hydrogen) atoms. The molecule has 1 aromatic heterocycles. The van der Waals surface area contributed by atoms with E-state index in [0.717, 1.165) is 0 Å². The first-order valence-electron chi connectivity index (χ1n) is 3.42. The Balaban J connectivity index is 2.37. The van der Waals surface area contributed by atoms with E-state index in [0.29, 0.717) is 12.1 Å². The summed E-state index contributed by atoms with van der Waals surface area (Å²) < 4.78 is 25.0. The van der Waals surface area contributed by atoms with Crippen LogP contribution in [-0.4, -0.2) is 25.0 Å². The average molecular weight is 223 g/mol. The molecular formula is C6H7ClN2O3S. The van der Waals surface area contributed by atoms with Crippen molar-refractivity contribution in [1.82, 2.24) is 9.97 Å². The lowest BCUT2D eigenvalue weighted by atomic mass is 10.3. The maximum atomic E-state index is 10.3. The van der Waals surface area contributed by atoms with Crippen LogP contribution in [-0.2, 0) is 19.9 Å². The second-order valence-corrected chi connectivity index (χ2v) is 4.32. The lowest BCUT2D eigenvalue weighted by Gasteiger charge is -1.98. The van der Waals surface area contributed by atoms with E-state index in [4.69, 9.17) is 10.7 Å². The SMILES string of the molecule is O=S(=O)(Cl)OCCc1ccncn1. The zero-order chi connectivity index (χ0) is 9.73. The molecule has 0 aliphatic rings. The fourth-order valence-corrected chi connectivity index (χ4v) is 1.18. The minimum atomic E-state index is -3.87. The third kappa shape index (κ3) is 4.76. The van der Waals surface area contributed by atoms with Gasteiger partial charge in [-0.1, -0.05) is 0 Å². The molecule has 1 rings (SSSR count). The van der Waals surface area contributed by atoms with Gasteiger partial charge in [-0.3, -0.25) is 4.18 Å². The van der Waals surface area contributed by atoms with Gasteiger partial charge in [0.25, 0.3) is 0 Å². The predicted molar refractivity (Wildman–Crippen MR) is 46.5 cm³/mol. The fourth-order valence-electron chi connectivity index (χ4n) is 0.712. The molecule has 0 fully saturated rings. The van der Waals surface area contributed by atoms with Crippen LogP contribution in [0.2, 0.25) is 0 Å². The van der Waals surface area contributed by atoms with E-state index in [2.05, 4.69) is 14.2 Å². The fraction of sp³-hybridized carbons (Fsp3) is 0.333. The van der Waals surface area contributed by atoms with E-state index in [9.17, 15) is 8.42 Å². The van der Waals surface area contributed by atoms with Crippen molar-refractivity contribution in [3.05, 3.63) is 24.3 Å². The Labute approximate surface area is 80.4 Å². The third-order valence-electron chi connectivity index (χ3n) is 1.23. The maximum Gasteiger partial charge on any atom is 0.355 e. The second-order valence-electron chi connectivity index (χ2n) is 2.17. The monoisotopic (exact) mass is 222 g/mol. The summed E-state index contributed by atoms with van der Waals surface area (Å²) in [5.41, 5.74) is 0.704. The molecule has 1 aromatic rings. The van der Waals surface area contributed by atoms with Crippen LogP contribution in [0.15, 0.2) is 18.6 Å². The van der Waals surface area contributed by atoms with Crippen LogP contribution in [0.3, 0.4) is 0 Å². The first-order valence-corrected chi connectivity index (χ1v) is 5.65. The van der Waals surface area contributed by atoms with Crippen LogP contribution in [0.25, 0.3) is 0 Å². The van der Waals surface area contributed by atoms with Crippen molar-refractivity contribution in [3.63, 3.8) is 0 Å². The summed E-state index contributed by atoms with van der Waals surface area (Å²) in [6.07, 6.45) is 3.33. The van der Waals surface area contributed by atoms with Gasteiger partial charge in [0.1, 0.15) is 6.33 Å². The van der Waals surface area contributed by atoms with Gasteiger partial charge in [-0.25, -0.2) is 9.97 Å². The molecule has 7 heteroatoms. The molecule has 0 N–H and O–H groups in total. The second kappa shape index (κ2) is 4.50.